The summed E-state index contributed by atoms with van der Waals surface area (Å²) < 4.78 is 76.9. The number of nitrogens with zero attached hydrogens (tertiary/aromatic N) is 3. The molecule has 1 aromatic heterocycles. The molecule has 0 N–H and O–H groups in total. The summed E-state index contributed by atoms with van der Waals surface area (Å²) >= 11 is 9.60. The van der Waals surface area contributed by atoms with E-state index in [1.807, 2.05) is 0 Å². The van der Waals surface area contributed by atoms with Crippen LogP contribution in [0, 0.1) is 5.82 Å². The molecule has 0 spiro atoms. The van der Waals surface area contributed by atoms with Gasteiger partial charge in [-0.25, -0.2) is 14.2 Å². The number of aromatic nitrogens is 2. The largest absolute Gasteiger partial charge is 0.444 e. The van der Waals surface area contributed by atoms with Crippen molar-refractivity contribution in [3.8, 4) is 5.75 Å². The van der Waals surface area contributed by atoms with Gasteiger partial charge in [0.05, 0.1) is 27.6 Å². The predicted molar refractivity (Wildman–Crippen MR) is 125 cm³/mol. The highest BCUT2D eigenvalue weighted by Gasteiger charge is 2.42. The molecule has 1 aliphatic rings. The number of fused-ring (bicyclic) bond motifs is 3. The Bertz CT molecular complexity index is 1360. The summed E-state index contributed by atoms with van der Waals surface area (Å²) in [5.74, 6) is -0.737. The van der Waals surface area contributed by atoms with Gasteiger partial charge in [0, 0.05) is 34.2 Å². The van der Waals surface area contributed by atoms with E-state index in [4.69, 9.17) is 25.2 Å². The van der Waals surface area contributed by atoms with Crippen LogP contribution in [-0.4, -0.2) is 39.7 Å². The fourth-order valence-electron chi connectivity index (χ4n) is 4.04. The molecule has 0 aliphatic carbocycles. The molecule has 2 heterocycles. The van der Waals surface area contributed by atoms with Crippen molar-refractivity contribution in [3.05, 3.63) is 57.0 Å². The van der Waals surface area contributed by atoms with E-state index in [9.17, 15) is 18.0 Å². The van der Waals surface area contributed by atoms with Crippen LogP contribution in [0.5, 0.6) is 5.75 Å². The second kappa shape index (κ2) is 8.96. The van der Waals surface area contributed by atoms with Crippen molar-refractivity contribution in [2.24, 2.45) is 0 Å². The van der Waals surface area contributed by atoms with Crippen LogP contribution in [0.25, 0.3) is 11.0 Å². The summed E-state index contributed by atoms with van der Waals surface area (Å²) in [5, 5.41) is 0.0791. The molecule has 0 fully saturated rings. The highest BCUT2D eigenvalue weighted by molar-refractivity contribution is 9.10. The van der Waals surface area contributed by atoms with E-state index in [1.54, 1.807) is 25.3 Å². The van der Waals surface area contributed by atoms with E-state index in [0.717, 1.165) is 6.07 Å². The predicted octanol–water partition coefficient (Wildman–Crippen LogP) is 7.09. The molecular formula is C23H22BrClF3N3O3. The maximum atomic E-state index is 14.4. The number of imidazole rings is 1. The minimum atomic E-state index is -3.16. The first-order chi connectivity index (χ1) is 17.1. The number of amides is 1. The van der Waals surface area contributed by atoms with Gasteiger partial charge in [-0.05, 0) is 54.9 Å². The Kier molecular flexibility index (Phi) is 5.50. The fourth-order valence-corrected chi connectivity index (χ4v) is 4.66. The van der Waals surface area contributed by atoms with Gasteiger partial charge in [-0.1, -0.05) is 17.7 Å². The third-order valence-corrected chi connectivity index (χ3v) is 6.22. The molecule has 0 unspecified atom stereocenters. The first kappa shape index (κ1) is 20.9. The lowest BCUT2D eigenvalue weighted by molar-refractivity contribution is -0.0506. The number of carbonyl (C=O) groups is 1. The molecular weight excluding hydrogens is 539 g/mol. The smallest absolute Gasteiger partial charge is 0.410 e. The number of rotatable bonds is 4. The number of halogens is 5. The SMILES string of the molecule is [2H]C([2H])([2H])N(C(=O)OC(C)(C)C)[C@@H]1C[C@H](c2c(Cl)cccc2OC(F)F)n2c1nc1cc(F)c(Br)cc12. The zero-order chi connectivity index (χ0) is 27.4. The molecule has 0 radical (unpaired) electrons. The van der Waals surface area contributed by atoms with Gasteiger partial charge in [0.15, 0.2) is 0 Å². The average molecular weight is 564 g/mol. The van der Waals surface area contributed by atoms with E-state index in [0.29, 0.717) is 10.4 Å². The van der Waals surface area contributed by atoms with Crippen molar-refractivity contribution in [1.82, 2.24) is 14.5 Å². The molecule has 182 valence electrons. The summed E-state index contributed by atoms with van der Waals surface area (Å²) in [4.78, 5) is 18.2. The molecule has 0 saturated heterocycles. The lowest BCUT2D eigenvalue weighted by Gasteiger charge is -2.28. The summed E-state index contributed by atoms with van der Waals surface area (Å²) in [6, 6.07) is 4.72. The monoisotopic (exact) mass is 562 g/mol. The number of benzene rings is 2. The van der Waals surface area contributed by atoms with Crippen LogP contribution < -0.4 is 4.74 Å². The average Bonchev–Trinajstić information content (AvgIpc) is 3.24. The van der Waals surface area contributed by atoms with Crippen molar-refractivity contribution in [3.63, 3.8) is 0 Å². The van der Waals surface area contributed by atoms with E-state index >= 15 is 0 Å². The summed E-state index contributed by atoms with van der Waals surface area (Å²) in [7, 11) is 0. The number of hydrogen-bond acceptors (Lipinski definition) is 4. The molecule has 34 heavy (non-hydrogen) atoms. The minimum Gasteiger partial charge on any atom is -0.444 e. The molecule has 3 aromatic rings. The number of carbonyl (C=O) groups excluding carboxylic acids is 1. The third-order valence-electron chi connectivity index (χ3n) is 5.28. The Morgan fingerprint density at radius 1 is 1.38 bits per heavy atom. The number of hydrogen-bond donors (Lipinski definition) is 0. The van der Waals surface area contributed by atoms with Crippen molar-refractivity contribution >= 4 is 44.7 Å². The normalized spacial score (nSPS) is 19.5. The third kappa shape index (κ3) is 4.57. The highest BCUT2D eigenvalue weighted by atomic mass is 79.9. The van der Waals surface area contributed by atoms with Crippen LogP contribution in [0.1, 0.15) is 54.8 Å². The van der Waals surface area contributed by atoms with Crippen LogP contribution in [0.2, 0.25) is 5.02 Å². The molecule has 2 atom stereocenters. The standard InChI is InChI=1S/C23H22BrClF3N3O3/c1-23(2,3)34-22(32)30(4)17-10-16(19-12(25)6-5-7-18(19)33-21(27)28)31-15-8-11(24)13(26)9-14(15)29-20(17)31/h5-9,16-17,21H,10H2,1-4H3/t16-,17-/m1/s1/i4D3. The second-order valence-electron chi connectivity index (χ2n) is 8.74. The number of alkyl halides is 2. The van der Waals surface area contributed by atoms with Crippen LogP contribution in [0.15, 0.2) is 34.8 Å². The van der Waals surface area contributed by atoms with Crippen LogP contribution in [0.4, 0.5) is 18.0 Å². The van der Waals surface area contributed by atoms with Gasteiger partial charge in [0.1, 0.15) is 23.0 Å². The van der Waals surface area contributed by atoms with Crippen LogP contribution in [-0.2, 0) is 4.74 Å². The van der Waals surface area contributed by atoms with Crippen molar-refractivity contribution in [1.29, 1.82) is 0 Å². The Labute approximate surface area is 211 Å². The van der Waals surface area contributed by atoms with E-state index in [2.05, 4.69) is 20.9 Å². The van der Waals surface area contributed by atoms with Crippen LogP contribution >= 0.6 is 27.5 Å². The van der Waals surface area contributed by atoms with E-state index in [-0.39, 0.29) is 38.6 Å². The molecule has 11 heteroatoms. The lowest BCUT2D eigenvalue weighted by Crippen LogP contribution is -2.36. The second-order valence-corrected chi connectivity index (χ2v) is 10.0. The van der Waals surface area contributed by atoms with Gasteiger partial charge in [0.25, 0.3) is 0 Å². The topological polar surface area (TPSA) is 56.6 Å². The molecule has 1 aliphatic heterocycles. The Morgan fingerprint density at radius 3 is 2.76 bits per heavy atom. The first-order valence-corrected chi connectivity index (χ1v) is 11.4. The quantitative estimate of drug-likeness (QED) is 0.340. The Hall–Kier alpha value is -2.46. The van der Waals surface area contributed by atoms with Gasteiger partial charge in [-0.2, -0.15) is 8.78 Å². The van der Waals surface area contributed by atoms with E-state index in [1.165, 1.54) is 24.3 Å². The van der Waals surface area contributed by atoms with Gasteiger partial charge >= 0.3 is 12.7 Å². The van der Waals surface area contributed by atoms with Crippen molar-refractivity contribution in [2.45, 2.75) is 51.5 Å². The maximum absolute atomic E-state index is 14.4. The Morgan fingerprint density at radius 2 is 2.12 bits per heavy atom. The summed E-state index contributed by atoms with van der Waals surface area (Å²) in [6.07, 6.45) is -1.22. The minimum absolute atomic E-state index is 0.0791. The van der Waals surface area contributed by atoms with Gasteiger partial charge in [-0.15, -0.1) is 0 Å². The van der Waals surface area contributed by atoms with Gasteiger partial charge < -0.3 is 18.9 Å². The van der Waals surface area contributed by atoms with Gasteiger partial charge in [-0.3, -0.25) is 0 Å². The molecule has 0 saturated carbocycles. The fraction of sp³-hybridized carbons (Fsp3) is 0.391. The molecule has 6 nitrogen and oxygen atoms in total. The highest BCUT2D eigenvalue weighted by Crippen LogP contribution is 2.48. The maximum Gasteiger partial charge on any atom is 0.410 e. The molecule has 0 bridgehead atoms. The molecule has 4 rings (SSSR count). The Balaban J connectivity index is 1.96. The molecule has 2 aromatic carbocycles. The van der Waals surface area contributed by atoms with Crippen LogP contribution in [0.3, 0.4) is 0 Å². The summed E-state index contributed by atoms with van der Waals surface area (Å²) in [5.41, 5.74) is -0.326. The summed E-state index contributed by atoms with van der Waals surface area (Å²) in [6.45, 7) is -1.34. The van der Waals surface area contributed by atoms with E-state index < -0.39 is 43.2 Å². The lowest BCUT2D eigenvalue weighted by atomic mass is 10.0. The molecule has 1 amide bonds. The zero-order valence-corrected chi connectivity index (χ0v) is 20.6. The van der Waals surface area contributed by atoms with Crippen molar-refractivity contribution < 1.29 is 31.6 Å². The first-order valence-electron chi connectivity index (χ1n) is 11.7. The zero-order valence-electron chi connectivity index (χ0n) is 21.3. The van der Waals surface area contributed by atoms with Crippen molar-refractivity contribution in [2.75, 3.05) is 6.98 Å². The number of ether oxygens (including phenoxy) is 2. The van der Waals surface area contributed by atoms with Gasteiger partial charge in [0.2, 0.25) is 0 Å².